The summed E-state index contributed by atoms with van der Waals surface area (Å²) in [6, 6.07) is 7.86. The van der Waals surface area contributed by atoms with E-state index in [2.05, 4.69) is 6.58 Å². The smallest absolute Gasteiger partial charge is 0.398 e. The molecular formula is C9H12BNO. The van der Waals surface area contributed by atoms with Gasteiger partial charge in [-0.05, 0) is 24.8 Å². The van der Waals surface area contributed by atoms with E-state index in [9.17, 15) is 0 Å². The highest BCUT2D eigenvalue weighted by Crippen LogP contribution is 2.17. The number of aryl methyl sites for hydroxylation is 1. The molecule has 0 spiro atoms. The van der Waals surface area contributed by atoms with Gasteiger partial charge in [0, 0.05) is 5.69 Å². The number of hydrogen-bond donors (Lipinski definition) is 1. The molecule has 3 heteroatoms. The number of nitrogens with zero attached hydrogens (tertiary/aromatic N) is 1. The first kappa shape index (κ1) is 8.88. The topological polar surface area (TPSA) is 23.5 Å². The van der Waals surface area contributed by atoms with E-state index in [4.69, 9.17) is 5.02 Å². The normalized spacial score (nSPS) is 9.17. The van der Waals surface area contributed by atoms with Crippen molar-refractivity contribution >= 4 is 13.3 Å². The minimum atomic E-state index is -0.0334. The highest BCUT2D eigenvalue weighted by Gasteiger charge is 2.03. The van der Waals surface area contributed by atoms with Crippen LogP contribution in [0.15, 0.2) is 37.0 Å². The van der Waals surface area contributed by atoms with Crippen LogP contribution >= 0.6 is 0 Å². The fourth-order valence-corrected chi connectivity index (χ4v) is 1.12. The molecule has 0 heterocycles. The zero-order valence-corrected chi connectivity index (χ0v) is 7.20. The van der Waals surface area contributed by atoms with Gasteiger partial charge in [-0.2, -0.15) is 0 Å². The Morgan fingerprint density at radius 1 is 1.50 bits per heavy atom. The SMILES string of the molecule is C=CN(BO)c1ccccc1C. The summed E-state index contributed by atoms with van der Waals surface area (Å²) in [5.41, 5.74) is 2.13. The van der Waals surface area contributed by atoms with Gasteiger partial charge in [0.2, 0.25) is 0 Å². The summed E-state index contributed by atoms with van der Waals surface area (Å²) in [5, 5.41) is 8.96. The Morgan fingerprint density at radius 2 is 2.17 bits per heavy atom. The Morgan fingerprint density at radius 3 is 2.67 bits per heavy atom. The molecule has 0 saturated carbocycles. The molecule has 1 aromatic carbocycles. The number of benzene rings is 1. The summed E-state index contributed by atoms with van der Waals surface area (Å²) >= 11 is 0. The molecule has 12 heavy (non-hydrogen) atoms. The number of para-hydroxylation sites is 1. The number of hydrogen-bond acceptors (Lipinski definition) is 2. The number of anilines is 1. The lowest BCUT2D eigenvalue weighted by Gasteiger charge is -2.17. The van der Waals surface area contributed by atoms with E-state index < -0.39 is 0 Å². The van der Waals surface area contributed by atoms with E-state index in [0.29, 0.717) is 0 Å². The van der Waals surface area contributed by atoms with E-state index in [1.54, 1.807) is 11.0 Å². The van der Waals surface area contributed by atoms with Gasteiger partial charge >= 0.3 is 7.62 Å². The van der Waals surface area contributed by atoms with Gasteiger partial charge in [-0.15, -0.1) is 0 Å². The van der Waals surface area contributed by atoms with Crippen molar-refractivity contribution in [3.05, 3.63) is 42.6 Å². The molecule has 0 fully saturated rings. The predicted molar refractivity (Wildman–Crippen MR) is 53.2 cm³/mol. The molecule has 0 unspecified atom stereocenters. The minimum absolute atomic E-state index is 0.0334. The zero-order chi connectivity index (χ0) is 8.97. The largest absolute Gasteiger partial charge is 0.435 e. The monoisotopic (exact) mass is 161 g/mol. The van der Waals surface area contributed by atoms with Gasteiger partial charge in [-0.25, -0.2) is 0 Å². The maximum Gasteiger partial charge on any atom is 0.398 e. The van der Waals surface area contributed by atoms with E-state index in [1.165, 1.54) is 0 Å². The molecule has 0 amide bonds. The average Bonchev–Trinajstić information content (AvgIpc) is 2.10. The van der Waals surface area contributed by atoms with Gasteiger partial charge in [0.15, 0.2) is 0 Å². The molecular weight excluding hydrogens is 149 g/mol. The molecule has 0 bridgehead atoms. The van der Waals surface area contributed by atoms with Crippen molar-refractivity contribution in [2.24, 2.45) is 0 Å². The molecule has 2 nitrogen and oxygen atoms in total. The quantitative estimate of drug-likeness (QED) is 0.673. The van der Waals surface area contributed by atoms with Crippen LogP contribution in [0.1, 0.15) is 5.56 Å². The van der Waals surface area contributed by atoms with E-state index >= 15 is 0 Å². The second-order valence-electron chi connectivity index (χ2n) is 2.58. The standard InChI is InChI=1S/C9H12BNO/c1-3-11(10-12)9-7-5-4-6-8(9)2/h3-7,10,12H,1H2,2H3. The van der Waals surface area contributed by atoms with Crippen LogP contribution in [-0.4, -0.2) is 12.6 Å². The molecule has 0 aliphatic heterocycles. The van der Waals surface area contributed by atoms with Crippen LogP contribution < -0.4 is 4.81 Å². The van der Waals surface area contributed by atoms with Gasteiger partial charge in [0.05, 0.1) is 0 Å². The fraction of sp³-hybridized carbons (Fsp3) is 0.111. The summed E-state index contributed by atoms with van der Waals surface area (Å²) in [6.45, 7) is 5.62. The summed E-state index contributed by atoms with van der Waals surface area (Å²) in [4.78, 5) is 1.69. The highest BCUT2D eigenvalue weighted by molar-refractivity contribution is 6.33. The van der Waals surface area contributed by atoms with Crippen molar-refractivity contribution in [3.8, 4) is 0 Å². The lowest BCUT2D eigenvalue weighted by atomic mass is 10.1. The van der Waals surface area contributed by atoms with Gasteiger partial charge in [0.1, 0.15) is 0 Å². The Kier molecular flexibility index (Phi) is 2.94. The summed E-state index contributed by atoms with van der Waals surface area (Å²) in [6.07, 6.45) is 1.61. The van der Waals surface area contributed by atoms with Gasteiger partial charge in [0.25, 0.3) is 0 Å². The van der Waals surface area contributed by atoms with Crippen molar-refractivity contribution in [2.75, 3.05) is 4.81 Å². The summed E-state index contributed by atoms with van der Waals surface area (Å²) in [5.74, 6) is 0. The van der Waals surface area contributed by atoms with Crippen LogP contribution in [0, 0.1) is 6.92 Å². The molecule has 0 aromatic heterocycles. The van der Waals surface area contributed by atoms with Crippen LogP contribution in [0.2, 0.25) is 0 Å². The third kappa shape index (κ3) is 1.68. The van der Waals surface area contributed by atoms with Crippen molar-refractivity contribution in [1.82, 2.24) is 0 Å². The summed E-state index contributed by atoms with van der Waals surface area (Å²) in [7, 11) is -0.0334. The first-order valence-corrected chi connectivity index (χ1v) is 3.85. The number of rotatable bonds is 3. The maximum atomic E-state index is 8.96. The predicted octanol–water partition coefficient (Wildman–Crippen LogP) is 1.20. The first-order valence-electron chi connectivity index (χ1n) is 3.85. The van der Waals surface area contributed by atoms with Gasteiger partial charge in [-0.1, -0.05) is 24.8 Å². The molecule has 62 valence electrons. The Balaban J connectivity index is 3.00. The molecule has 1 aromatic rings. The molecule has 0 atom stereocenters. The van der Waals surface area contributed by atoms with Crippen LogP contribution in [0.3, 0.4) is 0 Å². The Hall–Kier alpha value is -1.22. The van der Waals surface area contributed by atoms with Crippen LogP contribution in [0.5, 0.6) is 0 Å². The lowest BCUT2D eigenvalue weighted by Crippen LogP contribution is -2.20. The molecule has 0 aliphatic rings. The van der Waals surface area contributed by atoms with Crippen molar-refractivity contribution in [3.63, 3.8) is 0 Å². The summed E-state index contributed by atoms with van der Waals surface area (Å²) < 4.78 is 0. The second-order valence-corrected chi connectivity index (χ2v) is 2.58. The minimum Gasteiger partial charge on any atom is -0.435 e. The molecule has 0 saturated heterocycles. The molecule has 1 N–H and O–H groups in total. The molecule has 0 radical (unpaired) electrons. The Bertz CT molecular complexity index is 275. The molecule has 0 aliphatic carbocycles. The first-order chi connectivity index (χ1) is 5.79. The van der Waals surface area contributed by atoms with E-state index in [1.807, 2.05) is 31.2 Å². The Labute approximate surface area is 73.4 Å². The van der Waals surface area contributed by atoms with Crippen molar-refractivity contribution in [1.29, 1.82) is 0 Å². The third-order valence-corrected chi connectivity index (χ3v) is 1.80. The second kappa shape index (κ2) is 3.97. The van der Waals surface area contributed by atoms with E-state index in [-0.39, 0.29) is 7.62 Å². The highest BCUT2D eigenvalue weighted by atomic mass is 16.2. The molecule has 1 rings (SSSR count). The van der Waals surface area contributed by atoms with Crippen LogP contribution in [-0.2, 0) is 0 Å². The lowest BCUT2D eigenvalue weighted by molar-refractivity contribution is 0.601. The zero-order valence-electron chi connectivity index (χ0n) is 7.20. The van der Waals surface area contributed by atoms with Gasteiger partial charge < -0.3 is 9.83 Å². The fourth-order valence-electron chi connectivity index (χ4n) is 1.12. The van der Waals surface area contributed by atoms with Crippen LogP contribution in [0.25, 0.3) is 0 Å². The average molecular weight is 161 g/mol. The maximum absolute atomic E-state index is 8.96. The third-order valence-electron chi connectivity index (χ3n) is 1.80. The van der Waals surface area contributed by atoms with Crippen molar-refractivity contribution < 1.29 is 5.02 Å². The van der Waals surface area contributed by atoms with Crippen LogP contribution in [0.4, 0.5) is 5.69 Å². The van der Waals surface area contributed by atoms with Gasteiger partial charge in [-0.3, -0.25) is 0 Å². The van der Waals surface area contributed by atoms with Crippen molar-refractivity contribution in [2.45, 2.75) is 6.92 Å². The van der Waals surface area contributed by atoms with E-state index in [0.717, 1.165) is 11.3 Å².